The van der Waals surface area contributed by atoms with E-state index in [1.54, 1.807) is 20.8 Å². The third kappa shape index (κ3) is 2.99. The predicted octanol–water partition coefficient (Wildman–Crippen LogP) is 1.44. The van der Waals surface area contributed by atoms with Crippen molar-refractivity contribution in [1.29, 1.82) is 0 Å². The normalized spacial score (nSPS) is 11.4. The Morgan fingerprint density at radius 2 is 1.95 bits per heavy atom. The van der Waals surface area contributed by atoms with Gasteiger partial charge in [0.15, 0.2) is 0 Å². The van der Waals surface area contributed by atoms with Gasteiger partial charge in [-0.3, -0.25) is 15.2 Å². The van der Waals surface area contributed by atoms with Gasteiger partial charge in [-0.25, -0.2) is 13.1 Å². The highest BCUT2D eigenvalue weighted by Gasteiger charge is 2.23. The second kappa shape index (κ2) is 5.13. The average Bonchev–Trinajstić information content (AvgIpc) is 2.76. The van der Waals surface area contributed by atoms with Gasteiger partial charge in [-0.05, 0) is 31.9 Å². The lowest BCUT2D eigenvalue weighted by Crippen LogP contribution is -2.16. The Kier molecular flexibility index (Phi) is 3.64. The molecule has 1 aromatic carbocycles. The van der Waals surface area contributed by atoms with Gasteiger partial charge in [-0.1, -0.05) is 0 Å². The van der Waals surface area contributed by atoms with Crippen LogP contribution in [0.4, 0.5) is 11.6 Å². The Balaban J connectivity index is 2.51. The molecule has 0 spiro atoms. The summed E-state index contributed by atoms with van der Waals surface area (Å²) >= 11 is 0. The van der Waals surface area contributed by atoms with Gasteiger partial charge in [0.25, 0.3) is 21.7 Å². The zero-order valence-corrected chi connectivity index (χ0v) is 12.4. The van der Waals surface area contributed by atoms with E-state index < -0.39 is 14.9 Å². The predicted molar refractivity (Wildman–Crippen MR) is 74.5 cm³/mol. The molecule has 0 atom stereocenters. The minimum absolute atomic E-state index is 0.115. The van der Waals surface area contributed by atoms with E-state index in [9.17, 15) is 18.5 Å². The molecule has 0 aliphatic rings. The van der Waals surface area contributed by atoms with Crippen LogP contribution >= 0.6 is 0 Å². The third-order valence-electron chi connectivity index (χ3n) is 2.93. The van der Waals surface area contributed by atoms with Crippen molar-refractivity contribution in [3.05, 3.63) is 39.2 Å². The van der Waals surface area contributed by atoms with E-state index in [1.807, 2.05) is 0 Å². The maximum absolute atomic E-state index is 12.3. The smallest absolute Gasteiger partial charge is 0.261 e. The highest BCUT2D eigenvalue weighted by molar-refractivity contribution is 7.92. The zero-order chi connectivity index (χ0) is 15.8. The summed E-state index contributed by atoms with van der Waals surface area (Å²) in [6.07, 6.45) is 0. The molecule has 0 saturated heterocycles. The van der Waals surface area contributed by atoms with Crippen molar-refractivity contribution in [2.24, 2.45) is 0 Å². The number of nitrogens with zero attached hydrogens (tertiary/aromatic N) is 3. The average molecular weight is 311 g/mol. The Hall–Kier alpha value is -2.49. The van der Waals surface area contributed by atoms with Crippen LogP contribution < -0.4 is 4.72 Å². The number of non-ortho nitro benzene ring substituents is 1. The highest BCUT2D eigenvalue weighted by Crippen LogP contribution is 2.26. The number of sulfonamides is 1. The number of nitro groups is 1. The lowest BCUT2D eigenvalue weighted by molar-refractivity contribution is -0.385. The summed E-state index contributed by atoms with van der Waals surface area (Å²) in [5.41, 5.74) is 0.653. The van der Waals surface area contributed by atoms with Gasteiger partial charge in [0.05, 0.1) is 9.82 Å². The fourth-order valence-electron chi connectivity index (χ4n) is 1.76. The van der Waals surface area contributed by atoms with Crippen molar-refractivity contribution in [3.8, 4) is 0 Å². The Labute approximate surface area is 120 Å². The molecular weight excluding hydrogens is 298 g/mol. The largest absolute Gasteiger partial charge is 0.271 e. The molecule has 0 aliphatic heterocycles. The van der Waals surface area contributed by atoms with E-state index in [1.165, 1.54) is 6.07 Å². The lowest BCUT2D eigenvalue weighted by Gasteiger charge is -2.10. The summed E-state index contributed by atoms with van der Waals surface area (Å²) in [6, 6.07) is 2.34. The molecule has 9 nitrogen and oxygen atoms in total. The number of aryl methyl sites for hydroxylation is 2. The van der Waals surface area contributed by atoms with Crippen LogP contribution in [0.25, 0.3) is 0 Å². The van der Waals surface area contributed by atoms with Crippen LogP contribution in [0.2, 0.25) is 0 Å². The molecule has 0 saturated carbocycles. The SMILES string of the molecule is Cc1nc(NS(=O)(=O)c2cc([N+](=O)[O-])cc(C)c2C)n[nH]1. The fourth-order valence-corrected chi connectivity index (χ4v) is 3.04. The molecular formula is C11H13N5O4S. The van der Waals surface area contributed by atoms with Crippen molar-refractivity contribution in [2.45, 2.75) is 25.7 Å². The first kappa shape index (κ1) is 14.9. The molecule has 2 aromatic rings. The standard InChI is InChI=1S/C11H13N5O4S/c1-6-4-9(16(17)18)5-10(7(6)2)21(19,20)15-11-12-8(3)13-14-11/h4-5H,1-3H3,(H2,12,13,14,15). The molecule has 21 heavy (non-hydrogen) atoms. The van der Waals surface area contributed by atoms with E-state index in [0.29, 0.717) is 17.0 Å². The molecule has 1 aromatic heterocycles. The van der Waals surface area contributed by atoms with Gasteiger partial charge in [-0.2, -0.15) is 4.98 Å². The Bertz CT molecular complexity index is 812. The van der Waals surface area contributed by atoms with Gasteiger partial charge in [0.1, 0.15) is 5.82 Å². The quantitative estimate of drug-likeness (QED) is 0.648. The van der Waals surface area contributed by atoms with Crippen LogP contribution in [-0.4, -0.2) is 28.5 Å². The van der Waals surface area contributed by atoms with E-state index in [2.05, 4.69) is 19.9 Å². The fraction of sp³-hybridized carbons (Fsp3) is 0.273. The number of hydrogen-bond donors (Lipinski definition) is 2. The molecule has 0 amide bonds. The maximum Gasteiger partial charge on any atom is 0.271 e. The minimum Gasteiger partial charge on any atom is -0.261 e. The molecule has 10 heteroatoms. The van der Waals surface area contributed by atoms with Gasteiger partial charge < -0.3 is 0 Å². The molecule has 0 aliphatic carbocycles. The second-order valence-corrected chi connectivity index (χ2v) is 6.14. The van der Waals surface area contributed by atoms with Crippen LogP contribution in [-0.2, 0) is 10.0 Å². The summed E-state index contributed by atoms with van der Waals surface area (Å²) in [4.78, 5) is 13.9. The van der Waals surface area contributed by atoms with Gasteiger partial charge >= 0.3 is 0 Å². The summed E-state index contributed by atoms with van der Waals surface area (Å²) in [7, 11) is -4.01. The number of rotatable bonds is 4. The van der Waals surface area contributed by atoms with E-state index in [0.717, 1.165) is 6.07 Å². The van der Waals surface area contributed by atoms with E-state index in [4.69, 9.17) is 0 Å². The maximum atomic E-state index is 12.3. The van der Waals surface area contributed by atoms with Crippen molar-refractivity contribution < 1.29 is 13.3 Å². The molecule has 0 unspecified atom stereocenters. The topological polar surface area (TPSA) is 131 Å². The number of anilines is 1. The van der Waals surface area contributed by atoms with Crippen molar-refractivity contribution in [1.82, 2.24) is 15.2 Å². The zero-order valence-electron chi connectivity index (χ0n) is 11.5. The van der Waals surface area contributed by atoms with Crippen LogP contribution in [0.15, 0.2) is 17.0 Å². The van der Waals surface area contributed by atoms with Crippen molar-refractivity contribution in [3.63, 3.8) is 0 Å². The first-order chi connectivity index (χ1) is 9.70. The number of aromatic amines is 1. The molecule has 0 radical (unpaired) electrons. The number of nitrogens with one attached hydrogen (secondary N) is 2. The summed E-state index contributed by atoms with van der Waals surface area (Å²) in [5.74, 6) is 0.329. The van der Waals surface area contributed by atoms with Crippen LogP contribution in [0.5, 0.6) is 0 Å². The molecule has 112 valence electrons. The summed E-state index contributed by atoms with van der Waals surface area (Å²) in [6.45, 7) is 4.81. The first-order valence-corrected chi connectivity index (χ1v) is 7.36. The number of hydrogen-bond acceptors (Lipinski definition) is 6. The number of aromatic nitrogens is 3. The first-order valence-electron chi connectivity index (χ1n) is 5.88. The second-order valence-electron chi connectivity index (χ2n) is 4.49. The van der Waals surface area contributed by atoms with E-state index >= 15 is 0 Å². The van der Waals surface area contributed by atoms with Gasteiger partial charge in [-0.15, -0.1) is 5.10 Å². The number of benzene rings is 1. The number of H-pyrrole nitrogens is 1. The minimum atomic E-state index is -4.01. The van der Waals surface area contributed by atoms with Gasteiger partial charge in [0, 0.05) is 12.1 Å². The molecule has 2 rings (SSSR count). The van der Waals surface area contributed by atoms with Crippen molar-refractivity contribution >= 4 is 21.7 Å². The molecule has 2 N–H and O–H groups in total. The number of nitro benzene ring substituents is 1. The Morgan fingerprint density at radius 1 is 1.29 bits per heavy atom. The monoisotopic (exact) mass is 311 g/mol. The molecule has 0 bridgehead atoms. The highest BCUT2D eigenvalue weighted by atomic mass is 32.2. The van der Waals surface area contributed by atoms with Crippen molar-refractivity contribution in [2.75, 3.05) is 4.72 Å². The summed E-state index contributed by atoms with van der Waals surface area (Å²) < 4.78 is 26.8. The van der Waals surface area contributed by atoms with Crippen LogP contribution in [0.3, 0.4) is 0 Å². The van der Waals surface area contributed by atoms with Gasteiger partial charge in [0.2, 0.25) is 0 Å². The summed E-state index contributed by atoms with van der Waals surface area (Å²) in [5, 5.41) is 17.0. The Morgan fingerprint density at radius 3 is 2.48 bits per heavy atom. The van der Waals surface area contributed by atoms with Crippen LogP contribution in [0, 0.1) is 30.9 Å². The van der Waals surface area contributed by atoms with E-state index in [-0.39, 0.29) is 16.5 Å². The van der Waals surface area contributed by atoms with Crippen LogP contribution in [0.1, 0.15) is 17.0 Å². The molecule has 1 heterocycles. The molecule has 0 fully saturated rings. The third-order valence-corrected chi connectivity index (χ3v) is 4.38. The lowest BCUT2D eigenvalue weighted by atomic mass is 10.1.